The quantitative estimate of drug-likeness (QED) is 0.489. The summed E-state index contributed by atoms with van der Waals surface area (Å²) >= 11 is 6.34. The molecule has 172 valence electrons. The Kier molecular flexibility index (Phi) is 7.42. The monoisotopic (exact) mass is 467 g/mol. The lowest BCUT2D eigenvalue weighted by Crippen LogP contribution is -2.51. The molecule has 1 aliphatic rings. The number of rotatable bonds is 7. The molecular weight excluding hydrogens is 442 g/mol. The fraction of sp³-hybridized carbons (Fsp3) is 0.320. The summed E-state index contributed by atoms with van der Waals surface area (Å²) in [4.78, 5) is 33.4. The molecular formula is C25H26ClN3O4. The summed E-state index contributed by atoms with van der Waals surface area (Å²) in [7, 11) is 1.37. The minimum absolute atomic E-state index is 0.0430. The zero-order valence-electron chi connectivity index (χ0n) is 18.4. The van der Waals surface area contributed by atoms with Crippen molar-refractivity contribution in [3.8, 4) is 11.3 Å². The molecule has 3 aromatic rings. The van der Waals surface area contributed by atoms with E-state index in [1.54, 1.807) is 12.3 Å². The fourth-order valence-electron chi connectivity index (χ4n) is 4.04. The minimum atomic E-state index is -0.593. The molecule has 7 nitrogen and oxygen atoms in total. The number of nitrogens with zero attached hydrogens (tertiary/aromatic N) is 3. The van der Waals surface area contributed by atoms with Crippen molar-refractivity contribution >= 4 is 23.5 Å². The van der Waals surface area contributed by atoms with Crippen LogP contribution in [0.4, 0.5) is 0 Å². The van der Waals surface area contributed by atoms with Gasteiger partial charge in [-0.05, 0) is 11.6 Å². The maximum atomic E-state index is 12.8. The molecule has 2 aromatic carbocycles. The Morgan fingerprint density at radius 2 is 1.76 bits per heavy atom. The van der Waals surface area contributed by atoms with Crippen LogP contribution in [0.2, 0.25) is 5.02 Å². The van der Waals surface area contributed by atoms with Crippen molar-refractivity contribution in [3.63, 3.8) is 0 Å². The normalized spacial score (nSPS) is 15.3. The molecule has 1 unspecified atom stereocenters. The second kappa shape index (κ2) is 10.6. The van der Waals surface area contributed by atoms with Crippen LogP contribution < -0.4 is 0 Å². The smallest absolute Gasteiger partial charge is 0.327 e. The van der Waals surface area contributed by atoms with Crippen LogP contribution in [0.15, 0.2) is 65.2 Å². The van der Waals surface area contributed by atoms with Gasteiger partial charge in [-0.3, -0.25) is 9.69 Å². The molecule has 1 aromatic heterocycles. The molecule has 2 heterocycles. The summed E-state index contributed by atoms with van der Waals surface area (Å²) in [6.07, 6.45) is 2.45. The van der Waals surface area contributed by atoms with Gasteiger partial charge in [0.15, 0.2) is 11.7 Å². The molecule has 1 fully saturated rings. The summed E-state index contributed by atoms with van der Waals surface area (Å²) < 4.78 is 10.8. The van der Waals surface area contributed by atoms with Gasteiger partial charge in [0.25, 0.3) is 0 Å². The number of oxazole rings is 1. The Morgan fingerprint density at radius 3 is 2.45 bits per heavy atom. The van der Waals surface area contributed by atoms with E-state index >= 15 is 0 Å². The molecule has 0 aliphatic carbocycles. The van der Waals surface area contributed by atoms with Gasteiger partial charge >= 0.3 is 5.97 Å². The number of benzene rings is 2. The zero-order valence-corrected chi connectivity index (χ0v) is 19.2. The number of aryl methyl sites for hydroxylation is 1. The highest BCUT2D eigenvalue weighted by Gasteiger charge is 2.33. The van der Waals surface area contributed by atoms with E-state index in [9.17, 15) is 9.59 Å². The highest BCUT2D eigenvalue weighted by Crippen LogP contribution is 2.29. The first-order chi connectivity index (χ1) is 16.1. The molecule has 0 spiro atoms. The predicted octanol–water partition coefficient (Wildman–Crippen LogP) is 3.99. The van der Waals surface area contributed by atoms with E-state index in [1.807, 2.05) is 58.3 Å². The molecule has 1 saturated heterocycles. The third-order valence-corrected chi connectivity index (χ3v) is 6.17. The lowest BCUT2D eigenvalue weighted by Gasteiger charge is -2.38. The maximum absolute atomic E-state index is 12.8. The van der Waals surface area contributed by atoms with Gasteiger partial charge in [0.1, 0.15) is 6.04 Å². The Labute approximate surface area is 197 Å². The van der Waals surface area contributed by atoms with Crippen LogP contribution in [0.5, 0.6) is 0 Å². The average Bonchev–Trinajstić information content (AvgIpc) is 3.34. The summed E-state index contributed by atoms with van der Waals surface area (Å²) in [6.45, 7) is 2.15. The molecule has 0 bridgehead atoms. The molecule has 8 heteroatoms. The van der Waals surface area contributed by atoms with E-state index in [0.29, 0.717) is 61.3 Å². The van der Waals surface area contributed by atoms with Crippen molar-refractivity contribution in [2.45, 2.75) is 18.9 Å². The molecule has 4 rings (SSSR count). The maximum Gasteiger partial charge on any atom is 0.327 e. The summed E-state index contributed by atoms with van der Waals surface area (Å²) in [5.41, 5.74) is 1.67. The molecule has 0 saturated carbocycles. The van der Waals surface area contributed by atoms with Gasteiger partial charge in [-0.1, -0.05) is 60.1 Å². The molecule has 0 N–H and O–H groups in total. The van der Waals surface area contributed by atoms with Gasteiger partial charge in [0, 0.05) is 49.6 Å². The standard InChI is InChI=1S/C25H26ClN3O4/c1-32-25(31)24(19-9-5-6-10-20(19)26)29-15-13-28(14-16-29)23(30)12-11-22-27-17-21(33-22)18-7-3-2-4-8-18/h2-10,17,24H,11-16H2,1H3. The number of halogens is 1. The number of hydrogen-bond acceptors (Lipinski definition) is 6. The largest absolute Gasteiger partial charge is 0.468 e. The molecule has 33 heavy (non-hydrogen) atoms. The van der Waals surface area contributed by atoms with E-state index < -0.39 is 6.04 Å². The van der Waals surface area contributed by atoms with Crippen LogP contribution in [0, 0.1) is 0 Å². The first-order valence-corrected chi connectivity index (χ1v) is 11.3. The molecule has 1 amide bonds. The molecule has 0 radical (unpaired) electrons. The van der Waals surface area contributed by atoms with Crippen molar-refractivity contribution in [3.05, 3.63) is 77.3 Å². The topological polar surface area (TPSA) is 75.9 Å². The van der Waals surface area contributed by atoms with Crippen molar-refractivity contribution in [1.29, 1.82) is 0 Å². The van der Waals surface area contributed by atoms with Gasteiger partial charge in [0.2, 0.25) is 5.91 Å². The van der Waals surface area contributed by atoms with Crippen molar-refractivity contribution < 1.29 is 18.7 Å². The van der Waals surface area contributed by atoms with E-state index in [0.717, 1.165) is 5.56 Å². The number of piperazine rings is 1. The Morgan fingerprint density at radius 1 is 1.06 bits per heavy atom. The zero-order chi connectivity index (χ0) is 23.2. The Balaban J connectivity index is 1.33. The van der Waals surface area contributed by atoms with Crippen molar-refractivity contribution in [2.24, 2.45) is 0 Å². The van der Waals surface area contributed by atoms with Crippen LogP contribution in [-0.2, 0) is 20.7 Å². The summed E-state index contributed by atoms with van der Waals surface area (Å²) in [6, 6.07) is 16.4. The second-order valence-corrected chi connectivity index (χ2v) is 8.26. The van der Waals surface area contributed by atoms with Crippen LogP contribution in [-0.4, -0.2) is 59.9 Å². The van der Waals surface area contributed by atoms with Gasteiger partial charge in [-0.25, -0.2) is 9.78 Å². The first-order valence-electron chi connectivity index (χ1n) is 10.9. The van der Waals surface area contributed by atoms with Gasteiger partial charge in [-0.2, -0.15) is 0 Å². The highest BCUT2D eigenvalue weighted by molar-refractivity contribution is 6.31. The van der Waals surface area contributed by atoms with Gasteiger partial charge < -0.3 is 14.1 Å². The third-order valence-electron chi connectivity index (χ3n) is 5.82. The predicted molar refractivity (Wildman–Crippen MR) is 125 cm³/mol. The number of aromatic nitrogens is 1. The lowest BCUT2D eigenvalue weighted by atomic mass is 10.0. The third kappa shape index (κ3) is 5.43. The Bertz CT molecular complexity index is 1090. The number of hydrogen-bond donors (Lipinski definition) is 0. The molecule has 1 aliphatic heterocycles. The number of carbonyl (C=O) groups excluding carboxylic acids is 2. The molecule has 1 atom stereocenters. The summed E-state index contributed by atoms with van der Waals surface area (Å²) in [5, 5.41) is 0.521. The van der Waals surface area contributed by atoms with Crippen LogP contribution in [0.25, 0.3) is 11.3 Å². The van der Waals surface area contributed by atoms with E-state index in [1.165, 1.54) is 7.11 Å². The lowest BCUT2D eigenvalue weighted by molar-refractivity contribution is -0.148. The summed E-state index contributed by atoms with van der Waals surface area (Å²) in [5.74, 6) is 0.924. The van der Waals surface area contributed by atoms with Crippen molar-refractivity contribution in [1.82, 2.24) is 14.8 Å². The van der Waals surface area contributed by atoms with Crippen LogP contribution >= 0.6 is 11.6 Å². The average molecular weight is 468 g/mol. The van der Waals surface area contributed by atoms with Gasteiger partial charge in [-0.15, -0.1) is 0 Å². The number of carbonyl (C=O) groups is 2. The SMILES string of the molecule is COC(=O)C(c1ccccc1Cl)N1CCN(C(=O)CCc2ncc(-c3ccccc3)o2)CC1. The minimum Gasteiger partial charge on any atom is -0.468 e. The van der Waals surface area contributed by atoms with Crippen molar-refractivity contribution in [2.75, 3.05) is 33.3 Å². The highest BCUT2D eigenvalue weighted by atomic mass is 35.5. The Hall–Kier alpha value is -3.16. The number of methoxy groups -OCH3 is 1. The number of esters is 1. The first kappa shape index (κ1) is 23.0. The van der Waals surface area contributed by atoms with Gasteiger partial charge in [0.05, 0.1) is 13.3 Å². The second-order valence-electron chi connectivity index (χ2n) is 7.85. The number of amides is 1. The van der Waals surface area contributed by atoms with Crippen LogP contribution in [0.1, 0.15) is 23.9 Å². The van der Waals surface area contributed by atoms with E-state index in [4.69, 9.17) is 20.8 Å². The van der Waals surface area contributed by atoms with Crippen LogP contribution in [0.3, 0.4) is 0 Å². The number of ether oxygens (including phenoxy) is 1. The fourth-order valence-corrected chi connectivity index (χ4v) is 4.28. The van der Waals surface area contributed by atoms with E-state index in [2.05, 4.69) is 4.98 Å². The van der Waals surface area contributed by atoms with E-state index in [-0.39, 0.29) is 11.9 Å².